The SMILES string of the molecule is CCN(c1cccc(F)c1)c1c(F)cccc1CCl. The van der Waals surface area contributed by atoms with E-state index >= 15 is 0 Å². The Hall–Kier alpha value is -1.61. The lowest BCUT2D eigenvalue weighted by atomic mass is 10.1. The van der Waals surface area contributed by atoms with Crippen molar-refractivity contribution in [2.75, 3.05) is 11.4 Å². The zero-order valence-corrected chi connectivity index (χ0v) is 11.3. The fourth-order valence-corrected chi connectivity index (χ4v) is 2.30. The second kappa shape index (κ2) is 6.02. The summed E-state index contributed by atoms with van der Waals surface area (Å²) in [5.74, 6) is -0.497. The third-order valence-electron chi connectivity index (χ3n) is 2.92. The third-order valence-corrected chi connectivity index (χ3v) is 3.21. The van der Waals surface area contributed by atoms with Crippen molar-refractivity contribution in [3.8, 4) is 0 Å². The molecule has 2 aromatic carbocycles. The first kappa shape index (κ1) is 13.8. The number of hydrogen-bond acceptors (Lipinski definition) is 1. The van der Waals surface area contributed by atoms with Gasteiger partial charge in [0.25, 0.3) is 0 Å². The number of benzene rings is 2. The van der Waals surface area contributed by atoms with Crippen LogP contribution in [0.4, 0.5) is 20.2 Å². The molecule has 0 aliphatic carbocycles. The summed E-state index contributed by atoms with van der Waals surface area (Å²) >= 11 is 5.86. The maximum absolute atomic E-state index is 14.1. The normalized spacial score (nSPS) is 10.5. The van der Waals surface area contributed by atoms with Gasteiger partial charge in [0, 0.05) is 18.1 Å². The van der Waals surface area contributed by atoms with Crippen molar-refractivity contribution in [1.29, 1.82) is 0 Å². The van der Waals surface area contributed by atoms with Crippen molar-refractivity contribution >= 4 is 23.0 Å². The molecule has 0 amide bonds. The minimum Gasteiger partial charge on any atom is -0.339 e. The van der Waals surface area contributed by atoms with E-state index < -0.39 is 0 Å². The first-order valence-corrected chi connectivity index (χ1v) is 6.57. The van der Waals surface area contributed by atoms with Crippen molar-refractivity contribution < 1.29 is 8.78 Å². The van der Waals surface area contributed by atoms with Crippen LogP contribution in [0, 0.1) is 11.6 Å². The third kappa shape index (κ3) is 2.87. The van der Waals surface area contributed by atoms with Gasteiger partial charge in [-0.1, -0.05) is 18.2 Å². The van der Waals surface area contributed by atoms with Gasteiger partial charge >= 0.3 is 0 Å². The Morgan fingerprint density at radius 1 is 1.11 bits per heavy atom. The lowest BCUT2D eigenvalue weighted by Gasteiger charge is -2.26. The number of alkyl halides is 1. The van der Waals surface area contributed by atoms with Gasteiger partial charge in [-0.2, -0.15) is 0 Å². The molecule has 0 aromatic heterocycles. The summed E-state index contributed by atoms with van der Waals surface area (Å²) < 4.78 is 27.4. The highest BCUT2D eigenvalue weighted by Gasteiger charge is 2.16. The van der Waals surface area contributed by atoms with Crippen LogP contribution in [-0.2, 0) is 5.88 Å². The summed E-state index contributed by atoms with van der Waals surface area (Å²) in [5.41, 5.74) is 1.71. The number of halogens is 3. The summed E-state index contributed by atoms with van der Waals surface area (Å²) in [6, 6.07) is 10.9. The van der Waals surface area contributed by atoms with E-state index in [2.05, 4.69) is 0 Å². The maximum atomic E-state index is 14.1. The number of anilines is 2. The number of rotatable bonds is 4. The van der Waals surface area contributed by atoms with Gasteiger partial charge in [0.15, 0.2) is 0 Å². The molecule has 0 atom stereocenters. The largest absolute Gasteiger partial charge is 0.339 e. The quantitative estimate of drug-likeness (QED) is 0.723. The molecular weight excluding hydrogens is 268 g/mol. The second-order valence-corrected chi connectivity index (χ2v) is 4.37. The van der Waals surface area contributed by atoms with Gasteiger partial charge in [-0.15, -0.1) is 11.6 Å². The number of hydrogen-bond donors (Lipinski definition) is 0. The average Bonchev–Trinajstić information content (AvgIpc) is 2.41. The molecule has 0 saturated carbocycles. The van der Waals surface area contributed by atoms with Gasteiger partial charge in [-0.05, 0) is 36.8 Å². The predicted molar refractivity (Wildman–Crippen MR) is 75.0 cm³/mol. The van der Waals surface area contributed by atoms with Crippen LogP contribution in [0.15, 0.2) is 42.5 Å². The van der Waals surface area contributed by atoms with Gasteiger partial charge in [-0.25, -0.2) is 8.78 Å². The highest BCUT2D eigenvalue weighted by molar-refractivity contribution is 6.17. The fraction of sp³-hybridized carbons (Fsp3) is 0.200. The van der Waals surface area contributed by atoms with E-state index in [4.69, 9.17) is 11.6 Å². The molecule has 0 heterocycles. The van der Waals surface area contributed by atoms with Gasteiger partial charge in [-0.3, -0.25) is 0 Å². The highest BCUT2D eigenvalue weighted by atomic mass is 35.5. The minimum atomic E-state index is -0.357. The molecule has 1 nitrogen and oxygen atoms in total. The van der Waals surface area contributed by atoms with Crippen LogP contribution in [0.25, 0.3) is 0 Å². The molecule has 0 aliphatic rings. The Labute approximate surface area is 116 Å². The molecule has 100 valence electrons. The summed E-state index contributed by atoms with van der Waals surface area (Å²) in [5, 5.41) is 0. The Bertz CT molecular complexity index is 572. The molecular formula is C15H14ClF2N. The van der Waals surface area contributed by atoms with Crippen LogP contribution in [-0.4, -0.2) is 6.54 Å². The maximum Gasteiger partial charge on any atom is 0.147 e. The monoisotopic (exact) mass is 281 g/mol. The number of para-hydroxylation sites is 1. The zero-order valence-electron chi connectivity index (χ0n) is 10.5. The number of nitrogens with zero attached hydrogens (tertiary/aromatic N) is 1. The molecule has 0 fully saturated rings. The predicted octanol–water partition coefficient (Wildman–Crippen LogP) is 4.86. The Morgan fingerprint density at radius 3 is 2.47 bits per heavy atom. The van der Waals surface area contributed by atoms with Crippen molar-refractivity contribution in [1.82, 2.24) is 0 Å². The van der Waals surface area contributed by atoms with Crippen LogP contribution in [0.2, 0.25) is 0 Å². The lowest BCUT2D eigenvalue weighted by molar-refractivity contribution is 0.620. The van der Waals surface area contributed by atoms with Crippen LogP contribution in [0.5, 0.6) is 0 Å². The van der Waals surface area contributed by atoms with Gasteiger partial charge in [0.05, 0.1) is 5.69 Å². The summed E-state index contributed by atoms with van der Waals surface area (Å²) in [6.07, 6.45) is 0. The molecule has 2 rings (SSSR count). The highest BCUT2D eigenvalue weighted by Crippen LogP contribution is 2.32. The van der Waals surface area contributed by atoms with E-state index in [9.17, 15) is 8.78 Å². The molecule has 19 heavy (non-hydrogen) atoms. The van der Waals surface area contributed by atoms with E-state index in [0.717, 1.165) is 0 Å². The van der Waals surface area contributed by atoms with Gasteiger partial charge in [0.1, 0.15) is 11.6 Å². The van der Waals surface area contributed by atoms with Crippen LogP contribution in [0.1, 0.15) is 12.5 Å². The van der Waals surface area contributed by atoms with E-state index in [1.807, 2.05) is 6.92 Å². The van der Waals surface area contributed by atoms with Gasteiger partial charge in [0.2, 0.25) is 0 Å². The first-order valence-electron chi connectivity index (χ1n) is 6.03. The van der Waals surface area contributed by atoms with E-state index in [1.165, 1.54) is 18.2 Å². The molecule has 0 N–H and O–H groups in total. The summed E-state index contributed by atoms with van der Waals surface area (Å²) in [6.45, 7) is 2.41. The molecule has 0 unspecified atom stereocenters. The van der Waals surface area contributed by atoms with Crippen LogP contribution < -0.4 is 4.90 Å². The van der Waals surface area contributed by atoms with E-state index in [0.29, 0.717) is 23.5 Å². The van der Waals surface area contributed by atoms with Crippen molar-refractivity contribution in [3.63, 3.8) is 0 Å². The smallest absolute Gasteiger partial charge is 0.147 e. The molecule has 2 aromatic rings. The van der Waals surface area contributed by atoms with E-state index in [1.54, 1.807) is 29.2 Å². The molecule has 0 spiro atoms. The van der Waals surface area contributed by atoms with Crippen molar-refractivity contribution in [3.05, 3.63) is 59.7 Å². The standard InChI is InChI=1S/C15H14ClF2N/c1-2-19(13-7-4-6-12(17)9-13)15-11(10-16)5-3-8-14(15)18/h3-9H,2,10H2,1H3. The van der Waals surface area contributed by atoms with Crippen LogP contribution in [0.3, 0.4) is 0 Å². The minimum absolute atomic E-state index is 0.207. The molecule has 0 saturated heterocycles. The first-order chi connectivity index (χ1) is 9.17. The average molecular weight is 282 g/mol. The second-order valence-electron chi connectivity index (χ2n) is 4.11. The van der Waals surface area contributed by atoms with Crippen LogP contribution >= 0.6 is 11.6 Å². The Balaban J connectivity index is 2.54. The summed E-state index contributed by atoms with van der Waals surface area (Å²) in [7, 11) is 0. The summed E-state index contributed by atoms with van der Waals surface area (Å²) in [4.78, 5) is 1.72. The van der Waals surface area contributed by atoms with Gasteiger partial charge < -0.3 is 4.90 Å². The fourth-order valence-electron chi connectivity index (χ4n) is 2.08. The molecule has 0 radical (unpaired) electrons. The topological polar surface area (TPSA) is 3.24 Å². The molecule has 4 heteroatoms. The zero-order chi connectivity index (χ0) is 13.8. The Kier molecular flexibility index (Phi) is 4.38. The lowest BCUT2D eigenvalue weighted by Crippen LogP contribution is -2.19. The Morgan fingerprint density at radius 2 is 1.84 bits per heavy atom. The molecule has 0 bridgehead atoms. The molecule has 0 aliphatic heterocycles. The van der Waals surface area contributed by atoms with E-state index in [-0.39, 0.29) is 17.5 Å². The van der Waals surface area contributed by atoms with Crippen molar-refractivity contribution in [2.24, 2.45) is 0 Å². The van der Waals surface area contributed by atoms with Crippen molar-refractivity contribution in [2.45, 2.75) is 12.8 Å².